The molecule has 9 heteroatoms. The number of thiocarbonyl (C=S) groups is 1. The molecule has 0 aliphatic rings. The number of anilines is 2. The van der Waals surface area contributed by atoms with E-state index in [1.807, 2.05) is 48.1 Å². The van der Waals surface area contributed by atoms with Gasteiger partial charge in [-0.3, -0.25) is 9.36 Å². The molecule has 0 fully saturated rings. The summed E-state index contributed by atoms with van der Waals surface area (Å²) in [6.07, 6.45) is 5.05. The van der Waals surface area contributed by atoms with E-state index in [0.29, 0.717) is 23.9 Å². The Morgan fingerprint density at radius 1 is 1.17 bits per heavy atom. The van der Waals surface area contributed by atoms with Crippen LogP contribution in [0, 0.1) is 0 Å². The summed E-state index contributed by atoms with van der Waals surface area (Å²) in [6, 6.07) is 10.1. The van der Waals surface area contributed by atoms with Gasteiger partial charge in [0.2, 0.25) is 0 Å². The van der Waals surface area contributed by atoms with Crippen molar-refractivity contribution in [3.8, 4) is 0 Å². The molecule has 2 N–H and O–H groups in total. The number of aryl methyl sites for hydroxylation is 1. The summed E-state index contributed by atoms with van der Waals surface area (Å²) in [5.74, 6) is -0.492. The number of ether oxygens (including phenoxy) is 1. The molecule has 3 rings (SSSR count). The lowest BCUT2D eigenvalue weighted by Crippen LogP contribution is -2.21. The van der Waals surface area contributed by atoms with Crippen LogP contribution < -0.4 is 10.6 Å². The van der Waals surface area contributed by atoms with Crippen molar-refractivity contribution < 1.29 is 9.53 Å². The van der Waals surface area contributed by atoms with Crippen molar-refractivity contribution >= 4 is 34.7 Å². The molecule has 2 heterocycles. The lowest BCUT2D eigenvalue weighted by atomic mass is 10.2. The molecule has 29 heavy (non-hydrogen) atoms. The standard InChI is InChI=1S/C20H24N6O2S/c1-4-25-13-17(18(24-25)19(27)28-14(2)3)23-20(29)22-16-10-21-26(12-16)11-15-8-6-5-7-9-15/h5-10,12-14H,4,11H2,1-3H3,(H2,22,23,29). The van der Waals surface area contributed by atoms with Crippen LogP contribution in [0.25, 0.3) is 0 Å². The molecule has 0 aliphatic heterocycles. The maximum absolute atomic E-state index is 12.3. The van der Waals surface area contributed by atoms with Crippen LogP contribution in [0.15, 0.2) is 48.9 Å². The molecule has 0 amide bonds. The van der Waals surface area contributed by atoms with Gasteiger partial charge >= 0.3 is 5.97 Å². The van der Waals surface area contributed by atoms with E-state index in [0.717, 1.165) is 11.3 Å². The lowest BCUT2D eigenvalue weighted by molar-refractivity contribution is 0.0371. The Morgan fingerprint density at radius 3 is 2.62 bits per heavy atom. The predicted molar refractivity (Wildman–Crippen MR) is 116 cm³/mol. The SMILES string of the molecule is CCn1cc(NC(=S)Nc2cnn(Cc3ccccc3)c2)c(C(=O)OC(C)C)n1. The summed E-state index contributed by atoms with van der Waals surface area (Å²) in [5, 5.41) is 15.0. The molecule has 8 nitrogen and oxygen atoms in total. The fourth-order valence-electron chi connectivity index (χ4n) is 2.67. The molecule has 0 saturated carbocycles. The summed E-state index contributed by atoms with van der Waals surface area (Å²) in [4.78, 5) is 12.3. The Labute approximate surface area is 174 Å². The number of carbonyl (C=O) groups is 1. The zero-order valence-electron chi connectivity index (χ0n) is 16.6. The second kappa shape index (κ2) is 9.33. The Kier molecular flexibility index (Phi) is 6.61. The minimum absolute atomic E-state index is 0.199. The van der Waals surface area contributed by atoms with E-state index in [1.54, 1.807) is 30.9 Å². The zero-order chi connectivity index (χ0) is 20.8. The smallest absolute Gasteiger partial charge is 0.361 e. The van der Waals surface area contributed by atoms with Crippen LogP contribution >= 0.6 is 12.2 Å². The molecular formula is C20H24N6O2S. The highest BCUT2D eigenvalue weighted by Crippen LogP contribution is 2.17. The minimum atomic E-state index is -0.492. The number of hydrogen-bond donors (Lipinski definition) is 2. The highest BCUT2D eigenvalue weighted by molar-refractivity contribution is 7.80. The van der Waals surface area contributed by atoms with E-state index < -0.39 is 5.97 Å². The first-order valence-corrected chi connectivity index (χ1v) is 9.78. The van der Waals surface area contributed by atoms with E-state index in [9.17, 15) is 4.79 Å². The third-order valence-corrected chi connectivity index (χ3v) is 4.15. The first kappa shape index (κ1) is 20.5. The number of carbonyl (C=O) groups excluding carboxylic acids is 1. The van der Waals surface area contributed by atoms with Crippen molar-refractivity contribution in [1.82, 2.24) is 19.6 Å². The Morgan fingerprint density at radius 2 is 1.93 bits per heavy atom. The van der Waals surface area contributed by atoms with Gasteiger partial charge in [0, 0.05) is 18.9 Å². The molecule has 3 aromatic rings. The van der Waals surface area contributed by atoms with Crippen LogP contribution in [0.1, 0.15) is 36.8 Å². The van der Waals surface area contributed by atoms with Gasteiger partial charge in [0.05, 0.1) is 30.2 Å². The maximum Gasteiger partial charge on any atom is 0.361 e. The number of benzene rings is 1. The molecule has 0 atom stereocenters. The molecule has 0 aliphatic carbocycles. The van der Waals surface area contributed by atoms with Gasteiger partial charge in [-0.15, -0.1) is 0 Å². The highest BCUT2D eigenvalue weighted by Gasteiger charge is 2.20. The molecule has 1 aromatic carbocycles. The fourth-order valence-corrected chi connectivity index (χ4v) is 2.89. The Balaban J connectivity index is 1.65. The first-order valence-electron chi connectivity index (χ1n) is 9.37. The molecule has 0 spiro atoms. The summed E-state index contributed by atoms with van der Waals surface area (Å²) in [7, 11) is 0. The summed E-state index contributed by atoms with van der Waals surface area (Å²) >= 11 is 5.39. The monoisotopic (exact) mass is 412 g/mol. The van der Waals surface area contributed by atoms with Crippen molar-refractivity contribution in [2.45, 2.75) is 40.0 Å². The molecule has 152 valence electrons. The third-order valence-electron chi connectivity index (χ3n) is 3.95. The van der Waals surface area contributed by atoms with E-state index in [2.05, 4.69) is 20.8 Å². The van der Waals surface area contributed by atoms with Crippen molar-refractivity contribution in [3.63, 3.8) is 0 Å². The Hall–Kier alpha value is -3.20. The van der Waals surface area contributed by atoms with Crippen molar-refractivity contribution in [2.75, 3.05) is 10.6 Å². The molecule has 0 unspecified atom stereocenters. The van der Waals surface area contributed by atoms with E-state index in [1.165, 1.54) is 0 Å². The van der Waals surface area contributed by atoms with E-state index in [-0.39, 0.29) is 11.8 Å². The van der Waals surface area contributed by atoms with Gasteiger partial charge in [-0.1, -0.05) is 30.3 Å². The van der Waals surface area contributed by atoms with E-state index >= 15 is 0 Å². The largest absolute Gasteiger partial charge is 0.458 e. The number of nitrogens with one attached hydrogen (secondary N) is 2. The van der Waals surface area contributed by atoms with E-state index in [4.69, 9.17) is 17.0 Å². The van der Waals surface area contributed by atoms with Crippen molar-refractivity contribution in [2.24, 2.45) is 0 Å². The fraction of sp³-hybridized carbons (Fsp3) is 0.300. The Bertz CT molecular complexity index is 980. The average Bonchev–Trinajstić information content (AvgIpc) is 3.28. The van der Waals surface area contributed by atoms with Crippen LogP contribution in [-0.4, -0.2) is 36.7 Å². The first-order chi connectivity index (χ1) is 13.9. The van der Waals surface area contributed by atoms with Crippen molar-refractivity contribution in [3.05, 3.63) is 60.2 Å². The van der Waals surface area contributed by atoms with Gasteiger partial charge < -0.3 is 15.4 Å². The zero-order valence-corrected chi connectivity index (χ0v) is 17.4. The molecular weight excluding hydrogens is 388 g/mol. The number of nitrogens with zero attached hydrogens (tertiary/aromatic N) is 4. The molecule has 0 radical (unpaired) electrons. The van der Waals surface area contributed by atoms with Crippen LogP contribution in [0.2, 0.25) is 0 Å². The highest BCUT2D eigenvalue weighted by atomic mass is 32.1. The second-order valence-electron chi connectivity index (χ2n) is 6.69. The normalized spacial score (nSPS) is 10.8. The third kappa shape index (κ3) is 5.64. The van der Waals surface area contributed by atoms with Crippen LogP contribution in [0.4, 0.5) is 11.4 Å². The van der Waals surface area contributed by atoms with Crippen molar-refractivity contribution in [1.29, 1.82) is 0 Å². The van der Waals surface area contributed by atoms with Crippen LogP contribution in [-0.2, 0) is 17.8 Å². The molecule has 0 saturated heterocycles. The van der Waals surface area contributed by atoms with Crippen LogP contribution in [0.3, 0.4) is 0 Å². The topological polar surface area (TPSA) is 86.0 Å². The van der Waals surface area contributed by atoms with Crippen LogP contribution in [0.5, 0.6) is 0 Å². The molecule has 2 aromatic heterocycles. The minimum Gasteiger partial charge on any atom is -0.458 e. The predicted octanol–water partition coefficient (Wildman–Crippen LogP) is 3.52. The van der Waals surface area contributed by atoms with Gasteiger partial charge in [0.15, 0.2) is 10.8 Å². The number of esters is 1. The summed E-state index contributed by atoms with van der Waals surface area (Å²) < 4.78 is 8.74. The second-order valence-corrected chi connectivity index (χ2v) is 7.10. The maximum atomic E-state index is 12.3. The van der Waals surface area contributed by atoms with Gasteiger partial charge in [0.25, 0.3) is 0 Å². The van der Waals surface area contributed by atoms with Gasteiger partial charge in [-0.2, -0.15) is 10.2 Å². The molecule has 0 bridgehead atoms. The number of rotatable bonds is 7. The average molecular weight is 413 g/mol. The lowest BCUT2D eigenvalue weighted by Gasteiger charge is -2.10. The van der Waals surface area contributed by atoms with Gasteiger partial charge in [-0.05, 0) is 38.6 Å². The number of aromatic nitrogens is 4. The summed E-state index contributed by atoms with van der Waals surface area (Å²) in [6.45, 7) is 6.81. The van der Waals surface area contributed by atoms with Gasteiger partial charge in [-0.25, -0.2) is 4.79 Å². The van der Waals surface area contributed by atoms with Gasteiger partial charge in [0.1, 0.15) is 0 Å². The summed E-state index contributed by atoms with van der Waals surface area (Å²) in [5.41, 5.74) is 2.59. The number of hydrogen-bond acceptors (Lipinski definition) is 5. The quantitative estimate of drug-likeness (QED) is 0.454.